The highest BCUT2D eigenvalue weighted by atomic mass is 35.5. The number of aromatic nitrogens is 3. The smallest absolute Gasteiger partial charge is 0.268 e. The first-order chi connectivity index (χ1) is 15.8. The van der Waals surface area contributed by atoms with Crippen LogP contribution in [-0.2, 0) is 6.42 Å². The zero-order valence-corrected chi connectivity index (χ0v) is 19.7. The standard InChI is InChI=1S/C24H24Cl2N6O/c1-13-17(16-6-9-29-21(26)18(16)25)19(22(28)33)31-23(30-13)32-10-7-24(8-11-32)12-14-4-2-3-5-15(14)20(24)27/h2-6,9,20H,7-8,10-12,27H2,1H3,(H2,28,33)/t20-/m1/s1. The normalized spacial score (nSPS) is 19.0. The number of rotatable bonds is 3. The minimum atomic E-state index is -0.650. The van der Waals surface area contributed by atoms with Gasteiger partial charge in [-0.15, -0.1) is 0 Å². The number of halogens is 2. The van der Waals surface area contributed by atoms with E-state index in [9.17, 15) is 4.79 Å². The number of amides is 1. The fraction of sp³-hybridized carbons (Fsp3) is 0.333. The number of benzene rings is 1. The van der Waals surface area contributed by atoms with Crippen molar-refractivity contribution in [2.75, 3.05) is 18.0 Å². The van der Waals surface area contributed by atoms with Crippen LogP contribution in [0.4, 0.5) is 5.95 Å². The average Bonchev–Trinajstić information content (AvgIpc) is 3.07. The Morgan fingerprint density at radius 3 is 2.58 bits per heavy atom. The van der Waals surface area contributed by atoms with Gasteiger partial charge in [0.1, 0.15) is 10.8 Å². The summed E-state index contributed by atoms with van der Waals surface area (Å²) in [4.78, 5) is 27.7. The average molecular weight is 483 g/mol. The number of aryl methyl sites for hydroxylation is 1. The van der Waals surface area contributed by atoms with Crippen LogP contribution in [0, 0.1) is 12.3 Å². The molecule has 0 bridgehead atoms. The molecular formula is C24H24Cl2N6O. The summed E-state index contributed by atoms with van der Waals surface area (Å²) in [6.07, 6.45) is 4.36. The van der Waals surface area contributed by atoms with Crippen molar-refractivity contribution in [1.82, 2.24) is 15.0 Å². The predicted molar refractivity (Wildman–Crippen MR) is 129 cm³/mol. The lowest BCUT2D eigenvalue weighted by molar-refractivity contribution is 0.0996. The van der Waals surface area contributed by atoms with Crippen LogP contribution in [0.5, 0.6) is 0 Å². The summed E-state index contributed by atoms with van der Waals surface area (Å²) >= 11 is 12.4. The maximum atomic E-state index is 12.4. The van der Waals surface area contributed by atoms with Crippen LogP contribution in [0.1, 0.15) is 46.2 Å². The van der Waals surface area contributed by atoms with E-state index in [1.807, 2.05) is 6.92 Å². The Morgan fingerprint density at radius 2 is 1.88 bits per heavy atom. The Balaban J connectivity index is 1.45. The van der Waals surface area contributed by atoms with Crippen molar-refractivity contribution in [3.05, 3.63) is 69.2 Å². The molecule has 1 saturated heterocycles. The van der Waals surface area contributed by atoms with Gasteiger partial charge < -0.3 is 16.4 Å². The van der Waals surface area contributed by atoms with Crippen LogP contribution in [0.3, 0.4) is 0 Å². The number of nitrogens with zero attached hydrogens (tertiary/aromatic N) is 4. The first-order valence-corrected chi connectivity index (χ1v) is 11.6. The number of primary amides is 1. The number of pyridine rings is 1. The Kier molecular flexibility index (Phi) is 5.51. The number of carbonyl (C=O) groups excluding carboxylic acids is 1. The van der Waals surface area contributed by atoms with Gasteiger partial charge in [-0.25, -0.2) is 15.0 Å². The van der Waals surface area contributed by atoms with Crippen LogP contribution in [-0.4, -0.2) is 33.9 Å². The van der Waals surface area contributed by atoms with Crippen LogP contribution < -0.4 is 16.4 Å². The molecule has 1 amide bonds. The third-order valence-electron chi connectivity index (χ3n) is 7.06. The zero-order chi connectivity index (χ0) is 23.3. The molecule has 1 aliphatic heterocycles. The van der Waals surface area contributed by atoms with Gasteiger partial charge in [0.15, 0.2) is 0 Å². The molecule has 1 aliphatic carbocycles. The van der Waals surface area contributed by atoms with Gasteiger partial charge >= 0.3 is 0 Å². The molecule has 2 aliphatic rings. The van der Waals surface area contributed by atoms with Gasteiger partial charge in [-0.1, -0.05) is 47.5 Å². The van der Waals surface area contributed by atoms with E-state index in [1.165, 1.54) is 17.3 Å². The molecule has 0 saturated carbocycles. The molecule has 9 heteroatoms. The summed E-state index contributed by atoms with van der Waals surface area (Å²) in [7, 11) is 0. The number of hydrogen-bond acceptors (Lipinski definition) is 6. The molecular weight excluding hydrogens is 459 g/mol. The lowest BCUT2D eigenvalue weighted by Crippen LogP contribution is -2.45. The molecule has 3 heterocycles. The lowest BCUT2D eigenvalue weighted by Gasteiger charge is -2.42. The van der Waals surface area contributed by atoms with E-state index in [2.05, 4.69) is 39.1 Å². The number of hydrogen-bond donors (Lipinski definition) is 2. The van der Waals surface area contributed by atoms with Gasteiger partial charge in [0.25, 0.3) is 5.91 Å². The van der Waals surface area contributed by atoms with Gasteiger partial charge in [-0.05, 0) is 48.8 Å². The summed E-state index contributed by atoms with van der Waals surface area (Å²) in [6.45, 7) is 3.31. The fourth-order valence-corrected chi connectivity index (χ4v) is 5.63. The van der Waals surface area contributed by atoms with Crippen molar-refractivity contribution < 1.29 is 4.79 Å². The van der Waals surface area contributed by atoms with Crippen LogP contribution in [0.2, 0.25) is 10.2 Å². The van der Waals surface area contributed by atoms with Crippen molar-refractivity contribution in [3.63, 3.8) is 0 Å². The summed E-state index contributed by atoms with van der Waals surface area (Å²) in [5.41, 5.74) is 16.8. The summed E-state index contributed by atoms with van der Waals surface area (Å²) in [5.74, 6) is -0.164. The number of fused-ring (bicyclic) bond motifs is 1. The van der Waals surface area contributed by atoms with E-state index >= 15 is 0 Å². The number of carbonyl (C=O) groups is 1. The topological polar surface area (TPSA) is 111 Å². The second kappa shape index (κ2) is 8.24. The minimum Gasteiger partial charge on any atom is -0.364 e. The van der Waals surface area contributed by atoms with Gasteiger partial charge in [-0.3, -0.25) is 4.79 Å². The number of piperidine rings is 1. The maximum absolute atomic E-state index is 12.4. The molecule has 0 radical (unpaired) electrons. The van der Waals surface area contributed by atoms with E-state index < -0.39 is 5.91 Å². The quantitative estimate of drug-likeness (QED) is 0.543. The Hall–Kier alpha value is -2.74. The molecule has 1 aromatic carbocycles. The molecule has 7 nitrogen and oxygen atoms in total. The van der Waals surface area contributed by atoms with Crippen molar-refractivity contribution in [3.8, 4) is 11.1 Å². The van der Waals surface area contributed by atoms with Crippen molar-refractivity contribution >= 4 is 35.1 Å². The molecule has 2 aromatic heterocycles. The van der Waals surface area contributed by atoms with Crippen molar-refractivity contribution in [1.29, 1.82) is 0 Å². The highest BCUT2D eigenvalue weighted by Crippen LogP contribution is 2.51. The lowest BCUT2D eigenvalue weighted by atomic mass is 9.73. The molecule has 3 aromatic rings. The largest absolute Gasteiger partial charge is 0.364 e. The molecule has 33 heavy (non-hydrogen) atoms. The highest BCUT2D eigenvalue weighted by molar-refractivity contribution is 6.43. The first-order valence-electron chi connectivity index (χ1n) is 10.9. The van der Waals surface area contributed by atoms with Gasteiger partial charge in [0, 0.05) is 36.5 Å². The third-order valence-corrected chi connectivity index (χ3v) is 7.83. The summed E-state index contributed by atoms with van der Waals surface area (Å²) in [6, 6.07) is 10.2. The monoisotopic (exact) mass is 482 g/mol. The Labute approximate surface area is 202 Å². The predicted octanol–water partition coefficient (Wildman–Crippen LogP) is 4.10. The number of anilines is 1. The van der Waals surface area contributed by atoms with Crippen LogP contribution >= 0.6 is 23.2 Å². The SMILES string of the molecule is Cc1nc(N2CCC3(CC2)Cc2ccccc2[C@H]3N)nc(C(N)=O)c1-c1ccnc(Cl)c1Cl. The van der Waals surface area contributed by atoms with Crippen molar-refractivity contribution in [2.24, 2.45) is 16.9 Å². The maximum Gasteiger partial charge on any atom is 0.268 e. The number of nitrogens with two attached hydrogens (primary N) is 2. The molecule has 1 fully saturated rings. The Morgan fingerprint density at radius 1 is 1.15 bits per heavy atom. The molecule has 1 spiro atoms. The molecule has 1 atom stereocenters. The molecule has 0 unspecified atom stereocenters. The second-order valence-corrected chi connectivity index (χ2v) is 9.60. The van der Waals surface area contributed by atoms with E-state index in [0.29, 0.717) is 22.8 Å². The molecule has 5 rings (SSSR count). The third kappa shape index (κ3) is 3.64. The van der Waals surface area contributed by atoms with Gasteiger partial charge in [0.05, 0.1) is 10.7 Å². The minimum absolute atomic E-state index is 0.0284. The molecule has 170 valence electrons. The van der Waals surface area contributed by atoms with Gasteiger partial charge in [-0.2, -0.15) is 0 Å². The Bertz CT molecular complexity index is 1260. The second-order valence-electron chi connectivity index (χ2n) is 8.86. The zero-order valence-electron chi connectivity index (χ0n) is 18.2. The van der Waals surface area contributed by atoms with Gasteiger partial charge in [0.2, 0.25) is 5.95 Å². The summed E-state index contributed by atoms with van der Waals surface area (Å²) in [5, 5.41) is 0.374. The van der Waals surface area contributed by atoms with E-state index in [4.69, 9.17) is 39.7 Å². The van der Waals surface area contributed by atoms with Crippen LogP contribution in [0.25, 0.3) is 11.1 Å². The van der Waals surface area contributed by atoms with Crippen LogP contribution in [0.15, 0.2) is 36.5 Å². The van der Waals surface area contributed by atoms with E-state index in [0.717, 1.165) is 32.4 Å². The van der Waals surface area contributed by atoms with E-state index in [-0.39, 0.29) is 27.3 Å². The fourth-order valence-electron chi connectivity index (χ4n) is 5.27. The first kappa shape index (κ1) is 22.1. The summed E-state index contributed by atoms with van der Waals surface area (Å²) < 4.78 is 0. The molecule has 4 N–H and O–H groups in total. The van der Waals surface area contributed by atoms with Crippen molar-refractivity contribution in [2.45, 2.75) is 32.2 Å². The highest BCUT2D eigenvalue weighted by Gasteiger charge is 2.46. The van der Waals surface area contributed by atoms with E-state index in [1.54, 1.807) is 6.07 Å².